The minimum absolute atomic E-state index is 0. The van der Waals surface area contributed by atoms with E-state index in [0.29, 0.717) is 11.8 Å². The highest BCUT2D eigenvalue weighted by atomic mass is 127. The van der Waals surface area contributed by atoms with Crippen molar-refractivity contribution in [3.05, 3.63) is 16.1 Å². The van der Waals surface area contributed by atoms with E-state index in [-0.39, 0.29) is 24.0 Å². The van der Waals surface area contributed by atoms with Crippen LogP contribution in [-0.4, -0.2) is 24.5 Å². The topological polar surface area (TPSA) is 49.3 Å². The molecule has 0 saturated heterocycles. The fourth-order valence-corrected chi connectivity index (χ4v) is 2.77. The number of thiazole rings is 1. The molecule has 0 fully saturated rings. The van der Waals surface area contributed by atoms with Gasteiger partial charge in [0.15, 0.2) is 5.96 Å². The summed E-state index contributed by atoms with van der Waals surface area (Å²) in [6.07, 6.45) is 2.40. The zero-order chi connectivity index (χ0) is 15.0. The highest BCUT2D eigenvalue weighted by molar-refractivity contribution is 14.0. The maximum absolute atomic E-state index is 4.62. The standard InChI is InChI=1S/C15H28N4S.HI/c1-6-12(7-2)8-17-15(16-5)18-9-14-19-13(10-20-14)11(3)4;/h10-12H,6-9H2,1-5H3,(H2,16,17,18);1H. The van der Waals surface area contributed by atoms with Crippen molar-refractivity contribution in [2.24, 2.45) is 10.9 Å². The molecule has 21 heavy (non-hydrogen) atoms. The number of aliphatic imine (C=N–C) groups is 1. The van der Waals surface area contributed by atoms with Crippen molar-refractivity contribution in [3.8, 4) is 0 Å². The van der Waals surface area contributed by atoms with E-state index in [4.69, 9.17) is 0 Å². The smallest absolute Gasteiger partial charge is 0.191 e. The van der Waals surface area contributed by atoms with Gasteiger partial charge in [0.2, 0.25) is 0 Å². The van der Waals surface area contributed by atoms with Crippen molar-refractivity contribution in [2.75, 3.05) is 13.6 Å². The fourth-order valence-electron chi connectivity index (χ4n) is 1.87. The van der Waals surface area contributed by atoms with Gasteiger partial charge in [-0.15, -0.1) is 35.3 Å². The first-order chi connectivity index (χ1) is 9.60. The third-order valence-electron chi connectivity index (χ3n) is 3.50. The lowest BCUT2D eigenvalue weighted by molar-refractivity contribution is 0.481. The molecule has 0 atom stereocenters. The summed E-state index contributed by atoms with van der Waals surface area (Å²) in [6.45, 7) is 10.5. The van der Waals surface area contributed by atoms with Crippen LogP contribution in [0.25, 0.3) is 0 Å². The van der Waals surface area contributed by atoms with E-state index in [2.05, 4.69) is 53.7 Å². The molecule has 1 aromatic heterocycles. The molecule has 0 unspecified atom stereocenters. The summed E-state index contributed by atoms with van der Waals surface area (Å²) in [5.74, 6) is 2.06. The van der Waals surface area contributed by atoms with Gasteiger partial charge in [0.05, 0.1) is 12.2 Å². The van der Waals surface area contributed by atoms with Crippen LogP contribution in [0, 0.1) is 5.92 Å². The molecule has 0 aliphatic heterocycles. The van der Waals surface area contributed by atoms with Crippen molar-refractivity contribution in [1.82, 2.24) is 15.6 Å². The Morgan fingerprint density at radius 3 is 2.43 bits per heavy atom. The van der Waals surface area contributed by atoms with Gasteiger partial charge in [-0.1, -0.05) is 40.5 Å². The predicted octanol–water partition coefficient (Wildman–Crippen LogP) is 3.99. The Bertz CT molecular complexity index is 414. The predicted molar refractivity (Wildman–Crippen MR) is 104 cm³/mol. The molecule has 0 aliphatic carbocycles. The second kappa shape index (κ2) is 11.2. The largest absolute Gasteiger partial charge is 0.356 e. The van der Waals surface area contributed by atoms with E-state index in [1.165, 1.54) is 18.5 Å². The number of guanidine groups is 1. The Labute approximate surface area is 150 Å². The molecular formula is C15H29IN4S. The van der Waals surface area contributed by atoms with Crippen LogP contribution < -0.4 is 10.6 Å². The van der Waals surface area contributed by atoms with Gasteiger partial charge in [0.1, 0.15) is 5.01 Å². The average Bonchev–Trinajstić information content (AvgIpc) is 2.92. The maximum Gasteiger partial charge on any atom is 0.191 e. The lowest BCUT2D eigenvalue weighted by Gasteiger charge is -2.16. The van der Waals surface area contributed by atoms with E-state index in [1.807, 2.05) is 7.05 Å². The number of aromatic nitrogens is 1. The number of hydrogen-bond acceptors (Lipinski definition) is 3. The highest BCUT2D eigenvalue weighted by Crippen LogP contribution is 2.17. The molecule has 0 saturated carbocycles. The summed E-state index contributed by atoms with van der Waals surface area (Å²) in [6, 6.07) is 0. The van der Waals surface area contributed by atoms with E-state index in [1.54, 1.807) is 11.3 Å². The van der Waals surface area contributed by atoms with Crippen molar-refractivity contribution in [3.63, 3.8) is 0 Å². The molecule has 0 aromatic carbocycles. The molecule has 0 radical (unpaired) electrons. The molecule has 2 N–H and O–H groups in total. The minimum atomic E-state index is 0. The van der Waals surface area contributed by atoms with E-state index < -0.39 is 0 Å². The quantitative estimate of drug-likeness (QED) is 0.396. The van der Waals surface area contributed by atoms with Gasteiger partial charge >= 0.3 is 0 Å². The van der Waals surface area contributed by atoms with Crippen LogP contribution in [0.1, 0.15) is 57.2 Å². The Morgan fingerprint density at radius 1 is 1.29 bits per heavy atom. The first kappa shape index (κ1) is 20.6. The maximum atomic E-state index is 4.62. The Kier molecular flexibility index (Phi) is 11.0. The second-order valence-corrected chi connectivity index (χ2v) is 6.25. The van der Waals surface area contributed by atoms with Crippen molar-refractivity contribution in [1.29, 1.82) is 0 Å². The van der Waals surface area contributed by atoms with Crippen LogP contribution in [0.5, 0.6) is 0 Å². The van der Waals surface area contributed by atoms with Crippen LogP contribution in [0.3, 0.4) is 0 Å². The first-order valence-corrected chi connectivity index (χ1v) is 8.37. The SMILES string of the molecule is CCC(CC)CNC(=NC)NCc1nc(C(C)C)cs1.I. The molecule has 1 aromatic rings. The Balaban J connectivity index is 0.00000400. The summed E-state index contributed by atoms with van der Waals surface area (Å²) >= 11 is 1.71. The van der Waals surface area contributed by atoms with Crippen LogP contribution in [-0.2, 0) is 6.54 Å². The number of halogens is 1. The lowest BCUT2D eigenvalue weighted by Crippen LogP contribution is -2.39. The number of hydrogen-bond donors (Lipinski definition) is 2. The molecular weight excluding hydrogens is 395 g/mol. The van der Waals surface area contributed by atoms with Gasteiger partial charge in [-0.2, -0.15) is 0 Å². The second-order valence-electron chi connectivity index (χ2n) is 5.31. The van der Waals surface area contributed by atoms with Crippen LogP contribution in [0.2, 0.25) is 0 Å². The Morgan fingerprint density at radius 2 is 1.95 bits per heavy atom. The molecule has 1 heterocycles. The molecule has 4 nitrogen and oxygen atoms in total. The van der Waals surface area contributed by atoms with E-state index in [0.717, 1.165) is 24.1 Å². The van der Waals surface area contributed by atoms with Crippen LogP contribution in [0.4, 0.5) is 0 Å². The summed E-state index contributed by atoms with van der Waals surface area (Å²) in [4.78, 5) is 8.87. The molecule has 122 valence electrons. The summed E-state index contributed by atoms with van der Waals surface area (Å²) in [5, 5.41) is 9.97. The van der Waals surface area contributed by atoms with Crippen LogP contribution >= 0.6 is 35.3 Å². The number of rotatable bonds is 7. The normalized spacial score (nSPS) is 11.7. The van der Waals surface area contributed by atoms with E-state index >= 15 is 0 Å². The molecule has 0 bridgehead atoms. The zero-order valence-corrected chi connectivity index (χ0v) is 16.9. The van der Waals surface area contributed by atoms with Crippen molar-refractivity contribution >= 4 is 41.3 Å². The number of nitrogens with zero attached hydrogens (tertiary/aromatic N) is 2. The van der Waals surface area contributed by atoms with Crippen LogP contribution in [0.15, 0.2) is 10.4 Å². The van der Waals surface area contributed by atoms with Gasteiger partial charge in [0, 0.05) is 19.0 Å². The van der Waals surface area contributed by atoms with E-state index in [9.17, 15) is 0 Å². The average molecular weight is 424 g/mol. The first-order valence-electron chi connectivity index (χ1n) is 7.49. The summed E-state index contributed by atoms with van der Waals surface area (Å²) in [5.41, 5.74) is 1.17. The summed E-state index contributed by atoms with van der Waals surface area (Å²) < 4.78 is 0. The van der Waals surface area contributed by atoms with Crippen molar-refractivity contribution < 1.29 is 0 Å². The minimum Gasteiger partial charge on any atom is -0.356 e. The van der Waals surface area contributed by atoms with Gasteiger partial charge in [-0.05, 0) is 11.8 Å². The molecule has 0 spiro atoms. The monoisotopic (exact) mass is 424 g/mol. The van der Waals surface area contributed by atoms with Gasteiger partial charge < -0.3 is 10.6 Å². The van der Waals surface area contributed by atoms with Crippen molar-refractivity contribution in [2.45, 2.75) is 53.0 Å². The zero-order valence-electron chi connectivity index (χ0n) is 13.8. The van der Waals surface area contributed by atoms with Gasteiger partial charge in [-0.3, -0.25) is 4.99 Å². The highest BCUT2D eigenvalue weighted by Gasteiger charge is 2.07. The third-order valence-corrected chi connectivity index (χ3v) is 4.37. The fraction of sp³-hybridized carbons (Fsp3) is 0.733. The molecule has 1 rings (SSSR count). The lowest BCUT2D eigenvalue weighted by atomic mass is 10.0. The van der Waals surface area contributed by atoms with Gasteiger partial charge in [-0.25, -0.2) is 4.98 Å². The molecule has 6 heteroatoms. The number of nitrogens with one attached hydrogen (secondary N) is 2. The summed E-state index contributed by atoms with van der Waals surface area (Å²) in [7, 11) is 1.81. The molecule has 0 aliphatic rings. The Hall–Kier alpha value is -0.370. The third kappa shape index (κ3) is 7.44. The van der Waals surface area contributed by atoms with Gasteiger partial charge in [0.25, 0.3) is 0 Å². The molecule has 0 amide bonds.